The highest BCUT2D eigenvalue weighted by atomic mass is 16.6. The zero-order valence-corrected chi connectivity index (χ0v) is 41.4. The molecule has 0 aliphatic rings. The molecule has 0 saturated heterocycles. The molecule has 0 aromatic carbocycles. The molecule has 0 saturated carbocycles. The van der Waals surface area contributed by atoms with Gasteiger partial charge in [0, 0.05) is 19.3 Å². The normalized spacial score (nSPS) is 12.2. The minimum atomic E-state index is -0.771. The summed E-state index contributed by atoms with van der Waals surface area (Å²) in [5, 5.41) is 0. The van der Waals surface area contributed by atoms with E-state index in [1.807, 2.05) is 0 Å². The molecule has 0 bridgehead atoms. The molecule has 362 valence electrons. The third-order valence-corrected chi connectivity index (χ3v) is 11.9. The second-order valence-corrected chi connectivity index (χ2v) is 18.2. The van der Waals surface area contributed by atoms with Gasteiger partial charge in [0.1, 0.15) is 13.2 Å². The van der Waals surface area contributed by atoms with E-state index >= 15 is 0 Å². The number of esters is 3. The van der Waals surface area contributed by atoms with Crippen LogP contribution in [0.3, 0.4) is 0 Å². The third kappa shape index (κ3) is 48.7. The van der Waals surface area contributed by atoms with Gasteiger partial charge < -0.3 is 14.2 Å². The maximum atomic E-state index is 12.8. The van der Waals surface area contributed by atoms with Crippen molar-refractivity contribution < 1.29 is 28.6 Å². The van der Waals surface area contributed by atoms with Crippen LogP contribution in [-0.4, -0.2) is 37.2 Å². The van der Waals surface area contributed by atoms with E-state index in [0.717, 1.165) is 77.0 Å². The van der Waals surface area contributed by atoms with Crippen LogP contribution in [0.2, 0.25) is 0 Å². The summed E-state index contributed by atoms with van der Waals surface area (Å²) in [6.45, 7) is 6.57. The van der Waals surface area contributed by atoms with E-state index in [2.05, 4.69) is 57.2 Å². The topological polar surface area (TPSA) is 78.9 Å². The number of allylic oxidation sites excluding steroid dienone is 6. The number of carbonyl (C=O) groups is 3. The van der Waals surface area contributed by atoms with Gasteiger partial charge in [0.15, 0.2) is 6.10 Å². The molecule has 0 aliphatic heterocycles. The monoisotopic (exact) mass is 871 g/mol. The van der Waals surface area contributed by atoms with Crippen molar-refractivity contribution in [2.24, 2.45) is 0 Å². The van der Waals surface area contributed by atoms with E-state index in [-0.39, 0.29) is 31.1 Å². The zero-order valence-electron chi connectivity index (χ0n) is 41.4. The molecule has 0 aliphatic carbocycles. The van der Waals surface area contributed by atoms with E-state index in [1.54, 1.807) is 0 Å². The molecule has 0 aromatic rings. The number of carbonyl (C=O) groups excluding carboxylic acids is 3. The Bertz CT molecular complexity index is 1050. The Morgan fingerprint density at radius 1 is 0.323 bits per heavy atom. The minimum absolute atomic E-state index is 0.0738. The van der Waals surface area contributed by atoms with Gasteiger partial charge in [-0.1, -0.05) is 243 Å². The Hall–Kier alpha value is -2.37. The van der Waals surface area contributed by atoms with Crippen molar-refractivity contribution in [3.05, 3.63) is 36.5 Å². The summed E-state index contributed by atoms with van der Waals surface area (Å²) in [7, 11) is 0. The largest absolute Gasteiger partial charge is 0.462 e. The molecule has 0 radical (unpaired) electrons. The SMILES string of the molecule is CCCCC/C=C\C/C=C\C/C=C\CCCCCCCCC(=O)OCC(COC(=O)CCCCCCCC)OC(=O)CCCCCCCCCCCCCCCCCCCCC. The Balaban J connectivity index is 4.18. The number of unbranched alkanes of at least 4 members (excludes halogenated alkanes) is 32. The highest BCUT2D eigenvalue weighted by Crippen LogP contribution is 2.16. The second-order valence-electron chi connectivity index (χ2n) is 18.2. The van der Waals surface area contributed by atoms with Crippen LogP contribution >= 0.6 is 0 Å². The third-order valence-electron chi connectivity index (χ3n) is 11.9. The first-order chi connectivity index (χ1) is 30.5. The van der Waals surface area contributed by atoms with Crippen molar-refractivity contribution in [1.82, 2.24) is 0 Å². The molecule has 62 heavy (non-hydrogen) atoms. The summed E-state index contributed by atoms with van der Waals surface area (Å²) in [5.41, 5.74) is 0. The van der Waals surface area contributed by atoms with Crippen molar-refractivity contribution in [3.8, 4) is 0 Å². The van der Waals surface area contributed by atoms with E-state index in [0.29, 0.717) is 19.3 Å². The van der Waals surface area contributed by atoms with Gasteiger partial charge >= 0.3 is 17.9 Å². The maximum absolute atomic E-state index is 12.8. The molecule has 0 amide bonds. The van der Waals surface area contributed by atoms with Crippen LogP contribution in [0.25, 0.3) is 0 Å². The van der Waals surface area contributed by atoms with Gasteiger partial charge in [0.2, 0.25) is 0 Å². The summed E-state index contributed by atoms with van der Waals surface area (Å²) >= 11 is 0. The van der Waals surface area contributed by atoms with Gasteiger partial charge in [0.05, 0.1) is 0 Å². The minimum Gasteiger partial charge on any atom is -0.462 e. The molecule has 0 N–H and O–H groups in total. The standard InChI is InChI=1S/C56H102O6/c1-4-7-10-13-16-18-20-22-24-26-28-30-32-34-36-38-40-43-46-49-55(58)61-52-53(51-60-54(57)48-45-42-15-12-9-6-3)62-56(59)50-47-44-41-39-37-35-33-31-29-27-25-23-21-19-17-14-11-8-5-2/h16,18,22,24,28,30,53H,4-15,17,19-21,23,25-27,29,31-52H2,1-3H3/b18-16-,24-22-,30-28-. The molecular formula is C56H102O6. The number of rotatable bonds is 49. The van der Waals surface area contributed by atoms with Gasteiger partial charge in [-0.2, -0.15) is 0 Å². The fourth-order valence-corrected chi connectivity index (χ4v) is 7.80. The van der Waals surface area contributed by atoms with Crippen LogP contribution in [0.5, 0.6) is 0 Å². The van der Waals surface area contributed by atoms with Crippen LogP contribution < -0.4 is 0 Å². The fraction of sp³-hybridized carbons (Fsp3) is 0.839. The van der Waals surface area contributed by atoms with Gasteiger partial charge in [-0.15, -0.1) is 0 Å². The predicted octanol–water partition coefficient (Wildman–Crippen LogP) is 17.7. The number of hydrogen-bond donors (Lipinski definition) is 0. The molecule has 0 rings (SSSR count). The molecule has 1 atom stereocenters. The summed E-state index contributed by atoms with van der Waals surface area (Å²) in [6, 6.07) is 0. The van der Waals surface area contributed by atoms with Crippen molar-refractivity contribution in [1.29, 1.82) is 0 Å². The Kier molecular flexibility index (Phi) is 49.3. The van der Waals surface area contributed by atoms with Gasteiger partial charge in [-0.25, -0.2) is 0 Å². The molecule has 6 nitrogen and oxygen atoms in total. The summed E-state index contributed by atoms with van der Waals surface area (Å²) in [6.07, 6.45) is 60.1. The van der Waals surface area contributed by atoms with Gasteiger partial charge in [-0.3, -0.25) is 14.4 Å². The Morgan fingerprint density at radius 3 is 0.935 bits per heavy atom. The first-order valence-corrected chi connectivity index (χ1v) is 27.0. The molecule has 0 aromatic heterocycles. The maximum Gasteiger partial charge on any atom is 0.306 e. The Morgan fingerprint density at radius 2 is 0.581 bits per heavy atom. The summed E-state index contributed by atoms with van der Waals surface area (Å²) < 4.78 is 16.7. The lowest BCUT2D eigenvalue weighted by Crippen LogP contribution is -2.30. The highest BCUT2D eigenvalue weighted by molar-refractivity contribution is 5.71. The summed E-state index contributed by atoms with van der Waals surface area (Å²) in [5.74, 6) is -0.883. The predicted molar refractivity (Wildman–Crippen MR) is 266 cm³/mol. The molecule has 0 spiro atoms. The first-order valence-electron chi connectivity index (χ1n) is 27.0. The van der Waals surface area contributed by atoms with E-state index in [4.69, 9.17) is 14.2 Å². The van der Waals surface area contributed by atoms with Crippen LogP contribution in [0, 0.1) is 0 Å². The summed E-state index contributed by atoms with van der Waals surface area (Å²) in [4.78, 5) is 37.8. The van der Waals surface area contributed by atoms with Crippen LogP contribution in [0.4, 0.5) is 0 Å². The first kappa shape index (κ1) is 59.6. The van der Waals surface area contributed by atoms with Crippen LogP contribution in [-0.2, 0) is 28.6 Å². The lowest BCUT2D eigenvalue weighted by molar-refractivity contribution is -0.167. The lowest BCUT2D eigenvalue weighted by atomic mass is 10.0. The smallest absolute Gasteiger partial charge is 0.306 e. The van der Waals surface area contributed by atoms with Crippen molar-refractivity contribution in [3.63, 3.8) is 0 Å². The van der Waals surface area contributed by atoms with Crippen LogP contribution in [0.15, 0.2) is 36.5 Å². The molecule has 6 heteroatoms. The average Bonchev–Trinajstić information content (AvgIpc) is 3.27. The second kappa shape index (κ2) is 51.3. The molecule has 1 unspecified atom stereocenters. The molecule has 0 fully saturated rings. The number of ether oxygens (including phenoxy) is 3. The van der Waals surface area contributed by atoms with Crippen molar-refractivity contribution in [2.45, 2.75) is 290 Å². The number of hydrogen-bond acceptors (Lipinski definition) is 6. The zero-order chi connectivity index (χ0) is 45.1. The quantitative estimate of drug-likeness (QED) is 0.0262. The highest BCUT2D eigenvalue weighted by Gasteiger charge is 2.19. The lowest BCUT2D eigenvalue weighted by Gasteiger charge is -2.18. The van der Waals surface area contributed by atoms with Crippen molar-refractivity contribution >= 4 is 17.9 Å². The van der Waals surface area contributed by atoms with Gasteiger partial charge in [0.25, 0.3) is 0 Å². The van der Waals surface area contributed by atoms with E-state index in [1.165, 1.54) is 167 Å². The van der Waals surface area contributed by atoms with E-state index in [9.17, 15) is 14.4 Å². The molecule has 0 heterocycles. The van der Waals surface area contributed by atoms with E-state index < -0.39 is 6.10 Å². The van der Waals surface area contributed by atoms with Gasteiger partial charge in [-0.05, 0) is 57.8 Å². The fourth-order valence-electron chi connectivity index (χ4n) is 7.80. The average molecular weight is 871 g/mol. The molecular weight excluding hydrogens is 769 g/mol. The van der Waals surface area contributed by atoms with Crippen LogP contribution in [0.1, 0.15) is 284 Å². The van der Waals surface area contributed by atoms with Crippen molar-refractivity contribution in [2.75, 3.05) is 13.2 Å². The Labute approximate surface area is 385 Å².